The van der Waals surface area contributed by atoms with Crippen molar-refractivity contribution in [2.24, 2.45) is 0 Å². The molecule has 3 heteroatoms. The average molecular weight is 351 g/mol. The molecule has 2 aromatic rings. The quantitative estimate of drug-likeness (QED) is 0.749. The predicted octanol–water partition coefficient (Wildman–Crippen LogP) is 5.46. The Labute approximate surface area is 156 Å². The van der Waals surface area contributed by atoms with Crippen molar-refractivity contribution in [2.45, 2.75) is 57.4 Å². The lowest BCUT2D eigenvalue weighted by atomic mass is 9.95. The Morgan fingerprint density at radius 3 is 2.27 bits per heavy atom. The summed E-state index contributed by atoms with van der Waals surface area (Å²) in [6.07, 6.45) is 8.92. The highest BCUT2D eigenvalue weighted by atomic mass is 16.5. The molecule has 0 amide bonds. The van der Waals surface area contributed by atoms with E-state index < -0.39 is 0 Å². The number of aryl methyl sites for hydroxylation is 2. The van der Waals surface area contributed by atoms with Crippen molar-refractivity contribution in [1.82, 2.24) is 0 Å². The largest absolute Gasteiger partial charge is 0.496 e. The van der Waals surface area contributed by atoms with Gasteiger partial charge in [0, 0.05) is 12.2 Å². The van der Waals surface area contributed by atoms with E-state index in [1.54, 1.807) is 14.2 Å². The first-order valence-corrected chi connectivity index (χ1v) is 9.89. The standard InChI is InChI=1S/C23H29NO2/c1-25-22-13-19(16-6-3-4-7-16)14-23(26-2)21(22)15-24-20-11-10-17-8-5-9-18(17)12-20/h10-14,16,24H,3-9,15H2,1-2H3. The summed E-state index contributed by atoms with van der Waals surface area (Å²) in [4.78, 5) is 0. The minimum atomic E-state index is 0.650. The number of ether oxygens (including phenoxy) is 2. The third-order valence-corrected chi connectivity index (χ3v) is 6.02. The molecule has 2 aromatic carbocycles. The van der Waals surface area contributed by atoms with Gasteiger partial charge in [-0.2, -0.15) is 0 Å². The SMILES string of the molecule is COc1cc(C2CCCC2)cc(OC)c1CNc1ccc2c(c1)CCC2. The number of hydrogen-bond acceptors (Lipinski definition) is 3. The molecule has 0 heterocycles. The number of fused-ring (bicyclic) bond motifs is 1. The van der Waals surface area contributed by atoms with Crippen LogP contribution < -0.4 is 14.8 Å². The zero-order valence-corrected chi connectivity index (χ0v) is 15.9. The summed E-state index contributed by atoms with van der Waals surface area (Å²) in [6, 6.07) is 11.2. The van der Waals surface area contributed by atoms with Gasteiger partial charge in [0.15, 0.2) is 0 Å². The number of hydrogen-bond donors (Lipinski definition) is 1. The first-order valence-electron chi connectivity index (χ1n) is 9.89. The topological polar surface area (TPSA) is 30.5 Å². The number of benzene rings is 2. The second-order valence-electron chi connectivity index (χ2n) is 7.58. The van der Waals surface area contributed by atoms with E-state index in [1.165, 1.54) is 67.3 Å². The molecule has 138 valence electrons. The van der Waals surface area contributed by atoms with E-state index in [0.29, 0.717) is 12.5 Å². The second kappa shape index (κ2) is 7.61. The summed E-state index contributed by atoms with van der Waals surface area (Å²) in [5.41, 5.74) is 6.63. The molecule has 0 radical (unpaired) electrons. The van der Waals surface area contributed by atoms with Crippen LogP contribution in [0.3, 0.4) is 0 Å². The van der Waals surface area contributed by atoms with Gasteiger partial charge in [-0.3, -0.25) is 0 Å². The Kier molecular flexibility index (Phi) is 5.05. The van der Waals surface area contributed by atoms with Crippen molar-refractivity contribution in [3.63, 3.8) is 0 Å². The maximum absolute atomic E-state index is 5.73. The molecule has 4 rings (SSSR count). The smallest absolute Gasteiger partial charge is 0.127 e. The van der Waals surface area contributed by atoms with Crippen molar-refractivity contribution in [3.8, 4) is 11.5 Å². The van der Waals surface area contributed by atoms with Crippen LogP contribution in [0.15, 0.2) is 30.3 Å². The molecule has 0 bridgehead atoms. The van der Waals surface area contributed by atoms with Gasteiger partial charge in [0.1, 0.15) is 11.5 Å². The van der Waals surface area contributed by atoms with Crippen LogP contribution in [-0.2, 0) is 19.4 Å². The van der Waals surface area contributed by atoms with Crippen LogP contribution >= 0.6 is 0 Å². The van der Waals surface area contributed by atoms with Gasteiger partial charge in [0.05, 0.1) is 19.8 Å². The van der Waals surface area contributed by atoms with Crippen LogP contribution in [-0.4, -0.2) is 14.2 Å². The van der Waals surface area contributed by atoms with Crippen LogP contribution in [0.1, 0.15) is 60.3 Å². The van der Waals surface area contributed by atoms with Gasteiger partial charge in [-0.1, -0.05) is 18.9 Å². The fourth-order valence-electron chi connectivity index (χ4n) is 4.55. The maximum Gasteiger partial charge on any atom is 0.127 e. The van der Waals surface area contributed by atoms with Crippen LogP contribution in [0.25, 0.3) is 0 Å². The van der Waals surface area contributed by atoms with Gasteiger partial charge in [-0.25, -0.2) is 0 Å². The molecule has 2 aliphatic rings. The number of rotatable bonds is 6. The first kappa shape index (κ1) is 17.3. The van der Waals surface area contributed by atoms with Gasteiger partial charge >= 0.3 is 0 Å². The zero-order chi connectivity index (χ0) is 17.9. The van der Waals surface area contributed by atoms with E-state index in [1.807, 2.05) is 0 Å². The summed E-state index contributed by atoms with van der Waals surface area (Å²) < 4.78 is 11.5. The second-order valence-corrected chi connectivity index (χ2v) is 7.58. The molecule has 0 aliphatic heterocycles. The zero-order valence-electron chi connectivity index (χ0n) is 15.9. The molecule has 0 aromatic heterocycles. The molecule has 0 atom stereocenters. The summed E-state index contributed by atoms with van der Waals surface area (Å²) in [7, 11) is 3.51. The number of anilines is 1. The molecular formula is C23H29NO2. The van der Waals surface area contributed by atoms with Gasteiger partial charge in [0.25, 0.3) is 0 Å². The van der Waals surface area contributed by atoms with Crippen molar-refractivity contribution < 1.29 is 9.47 Å². The van der Waals surface area contributed by atoms with Gasteiger partial charge < -0.3 is 14.8 Å². The minimum absolute atomic E-state index is 0.650. The van der Waals surface area contributed by atoms with E-state index in [0.717, 1.165) is 17.1 Å². The summed E-state index contributed by atoms with van der Waals surface area (Å²) in [6.45, 7) is 0.704. The van der Waals surface area contributed by atoms with Gasteiger partial charge in [-0.15, -0.1) is 0 Å². The summed E-state index contributed by atoms with van der Waals surface area (Å²) >= 11 is 0. The average Bonchev–Trinajstić information content (AvgIpc) is 3.36. The highest BCUT2D eigenvalue weighted by Crippen LogP contribution is 2.40. The minimum Gasteiger partial charge on any atom is -0.496 e. The van der Waals surface area contributed by atoms with E-state index in [4.69, 9.17) is 9.47 Å². The normalized spacial score (nSPS) is 16.5. The lowest BCUT2D eigenvalue weighted by Crippen LogP contribution is -2.06. The molecule has 1 N–H and O–H groups in total. The molecule has 0 unspecified atom stereocenters. The van der Waals surface area contributed by atoms with Crippen molar-refractivity contribution >= 4 is 5.69 Å². The predicted molar refractivity (Wildman–Crippen MR) is 107 cm³/mol. The van der Waals surface area contributed by atoms with Crippen molar-refractivity contribution in [3.05, 3.63) is 52.6 Å². The highest BCUT2D eigenvalue weighted by molar-refractivity contribution is 5.54. The highest BCUT2D eigenvalue weighted by Gasteiger charge is 2.21. The summed E-state index contributed by atoms with van der Waals surface area (Å²) in [5.74, 6) is 2.51. The van der Waals surface area contributed by atoms with Crippen LogP contribution in [0.5, 0.6) is 11.5 Å². The Bertz CT molecular complexity index is 753. The Morgan fingerprint density at radius 1 is 0.885 bits per heavy atom. The molecule has 3 nitrogen and oxygen atoms in total. The van der Waals surface area contributed by atoms with Crippen LogP contribution in [0, 0.1) is 0 Å². The lowest BCUT2D eigenvalue weighted by Gasteiger charge is -2.19. The third kappa shape index (κ3) is 3.40. The Balaban J connectivity index is 1.56. The molecule has 1 fully saturated rings. The molecular weight excluding hydrogens is 322 g/mol. The van der Waals surface area contributed by atoms with Crippen molar-refractivity contribution in [2.75, 3.05) is 19.5 Å². The number of nitrogens with one attached hydrogen (secondary N) is 1. The summed E-state index contributed by atoms with van der Waals surface area (Å²) in [5, 5.41) is 3.57. The van der Waals surface area contributed by atoms with E-state index in [-0.39, 0.29) is 0 Å². The molecule has 0 spiro atoms. The van der Waals surface area contributed by atoms with Gasteiger partial charge in [-0.05, 0) is 79.0 Å². The molecule has 26 heavy (non-hydrogen) atoms. The monoisotopic (exact) mass is 351 g/mol. The molecule has 0 saturated heterocycles. The lowest BCUT2D eigenvalue weighted by molar-refractivity contribution is 0.384. The third-order valence-electron chi connectivity index (χ3n) is 6.02. The Morgan fingerprint density at radius 2 is 1.58 bits per heavy atom. The first-order chi connectivity index (χ1) is 12.8. The maximum atomic E-state index is 5.73. The molecule has 1 saturated carbocycles. The van der Waals surface area contributed by atoms with E-state index >= 15 is 0 Å². The Hall–Kier alpha value is -2.16. The molecule has 2 aliphatic carbocycles. The van der Waals surface area contributed by atoms with Gasteiger partial charge in [0.2, 0.25) is 0 Å². The van der Waals surface area contributed by atoms with Crippen LogP contribution in [0.4, 0.5) is 5.69 Å². The van der Waals surface area contributed by atoms with Crippen LogP contribution in [0.2, 0.25) is 0 Å². The fraction of sp³-hybridized carbons (Fsp3) is 0.478. The van der Waals surface area contributed by atoms with E-state index in [2.05, 4.69) is 35.6 Å². The number of methoxy groups -OCH3 is 2. The fourth-order valence-corrected chi connectivity index (χ4v) is 4.55. The van der Waals surface area contributed by atoms with Crippen molar-refractivity contribution in [1.29, 1.82) is 0 Å². The van der Waals surface area contributed by atoms with E-state index in [9.17, 15) is 0 Å².